The van der Waals surface area contributed by atoms with Gasteiger partial charge in [0.05, 0.1) is 27.0 Å². The number of halogens is 1. The van der Waals surface area contributed by atoms with Crippen LogP contribution in [0.1, 0.15) is 32.6 Å². The zero-order valence-electron chi connectivity index (χ0n) is 21.0. The zero-order valence-corrected chi connectivity index (χ0v) is 23.4. The molecule has 2 aromatic heterocycles. The molecule has 9 heteroatoms. The van der Waals surface area contributed by atoms with E-state index in [0.717, 1.165) is 33.9 Å². The van der Waals surface area contributed by atoms with Crippen LogP contribution in [0, 0.1) is 0 Å². The van der Waals surface area contributed by atoms with Gasteiger partial charge < -0.3 is 10.4 Å². The van der Waals surface area contributed by atoms with Gasteiger partial charge in [0.1, 0.15) is 11.6 Å². The normalized spacial score (nSPS) is 12.7. The maximum atomic E-state index is 13.1. The van der Waals surface area contributed by atoms with Gasteiger partial charge in [0, 0.05) is 17.7 Å². The van der Waals surface area contributed by atoms with E-state index in [9.17, 15) is 13.5 Å². The van der Waals surface area contributed by atoms with Crippen LogP contribution >= 0.6 is 15.9 Å². The van der Waals surface area contributed by atoms with Gasteiger partial charge in [-0.15, -0.1) is 0 Å². The maximum Gasteiger partial charge on any atom is 0.178 e. The molecule has 2 N–H and O–H groups in total. The summed E-state index contributed by atoms with van der Waals surface area (Å²) in [5.41, 5.74) is 1.87. The molecular weight excluding hydrogens is 564 g/mol. The molecule has 5 aromatic rings. The van der Waals surface area contributed by atoms with Crippen LogP contribution in [0.2, 0.25) is 0 Å². The van der Waals surface area contributed by atoms with E-state index in [2.05, 4.69) is 33.3 Å². The average molecular weight is 594 g/mol. The fourth-order valence-electron chi connectivity index (χ4n) is 4.71. The molecule has 5 rings (SSSR count). The van der Waals surface area contributed by atoms with Crippen molar-refractivity contribution in [2.24, 2.45) is 0 Å². The minimum atomic E-state index is -3.40. The SMILES string of the molecule is CCCC(CCCS(=O)(=O)c1ccc2ccccc2c1)Nc1cc(-c2ccccc2O)nc2c(Br)cnn12. The van der Waals surface area contributed by atoms with Crippen molar-refractivity contribution in [3.8, 4) is 17.0 Å². The Labute approximate surface area is 230 Å². The Morgan fingerprint density at radius 2 is 1.76 bits per heavy atom. The Kier molecular flexibility index (Phi) is 7.67. The van der Waals surface area contributed by atoms with E-state index in [4.69, 9.17) is 4.98 Å². The summed E-state index contributed by atoms with van der Waals surface area (Å²) in [6.07, 6.45) is 4.70. The number of sulfone groups is 1. The lowest BCUT2D eigenvalue weighted by Gasteiger charge is -2.20. The van der Waals surface area contributed by atoms with Gasteiger partial charge in [-0.25, -0.2) is 13.4 Å². The van der Waals surface area contributed by atoms with Crippen LogP contribution in [-0.2, 0) is 9.84 Å². The highest BCUT2D eigenvalue weighted by atomic mass is 79.9. The molecule has 0 amide bonds. The van der Waals surface area contributed by atoms with Crippen molar-refractivity contribution in [2.45, 2.75) is 43.5 Å². The highest BCUT2D eigenvalue weighted by molar-refractivity contribution is 9.10. The number of aromatic hydroxyl groups is 1. The van der Waals surface area contributed by atoms with E-state index in [1.165, 1.54) is 0 Å². The topological polar surface area (TPSA) is 96.6 Å². The van der Waals surface area contributed by atoms with Crippen LogP contribution in [0.25, 0.3) is 27.7 Å². The maximum absolute atomic E-state index is 13.1. The van der Waals surface area contributed by atoms with Crippen LogP contribution in [0.5, 0.6) is 5.75 Å². The zero-order chi connectivity index (χ0) is 26.7. The summed E-state index contributed by atoms with van der Waals surface area (Å²) in [7, 11) is -3.40. The van der Waals surface area contributed by atoms with Gasteiger partial charge in [-0.1, -0.05) is 55.8 Å². The molecule has 0 saturated carbocycles. The molecule has 0 saturated heterocycles. The van der Waals surface area contributed by atoms with E-state index in [1.54, 1.807) is 35.0 Å². The predicted molar refractivity (Wildman–Crippen MR) is 155 cm³/mol. The molecule has 196 valence electrons. The van der Waals surface area contributed by atoms with Gasteiger partial charge in [0.15, 0.2) is 15.5 Å². The second kappa shape index (κ2) is 11.1. The van der Waals surface area contributed by atoms with Gasteiger partial charge in [-0.2, -0.15) is 9.61 Å². The number of phenolic OH excluding ortho intramolecular Hbond substituents is 1. The van der Waals surface area contributed by atoms with Gasteiger partial charge in [0.2, 0.25) is 0 Å². The Morgan fingerprint density at radius 1 is 1.00 bits per heavy atom. The van der Waals surface area contributed by atoms with Crippen molar-refractivity contribution in [1.29, 1.82) is 0 Å². The summed E-state index contributed by atoms with van der Waals surface area (Å²) in [6.45, 7) is 2.11. The van der Waals surface area contributed by atoms with Gasteiger partial charge in [-0.05, 0) is 70.2 Å². The monoisotopic (exact) mass is 592 g/mol. The summed E-state index contributed by atoms with van der Waals surface area (Å²) in [5, 5.41) is 20.4. The van der Waals surface area contributed by atoms with Gasteiger partial charge in [-0.3, -0.25) is 0 Å². The molecule has 1 unspecified atom stereocenters. The first-order valence-corrected chi connectivity index (χ1v) is 15.1. The smallest absolute Gasteiger partial charge is 0.178 e. The first-order valence-electron chi connectivity index (χ1n) is 12.7. The average Bonchev–Trinajstić information content (AvgIpc) is 3.29. The van der Waals surface area contributed by atoms with Gasteiger partial charge in [0.25, 0.3) is 0 Å². The number of hydrogen-bond acceptors (Lipinski definition) is 6. The second-order valence-corrected chi connectivity index (χ2v) is 12.3. The fraction of sp³-hybridized carbons (Fsp3) is 0.241. The highest BCUT2D eigenvalue weighted by Crippen LogP contribution is 2.31. The molecule has 1 atom stereocenters. The molecule has 0 radical (unpaired) electrons. The van der Waals surface area contributed by atoms with Crippen molar-refractivity contribution < 1.29 is 13.5 Å². The van der Waals surface area contributed by atoms with Crippen LogP contribution in [0.15, 0.2) is 88.4 Å². The molecule has 3 aromatic carbocycles. The molecule has 0 spiro atoms. The largest absolute Gasteiger partial charge is 0.507 e. The number of phenols is 1. The molecule has 0 aliphatic carbocycles. The number of fused-ring (bicyclic) bond motifs is 2. The Balaban J connectivity index is 1.35. The van der Waals surface area contributed by atoms with Crippen LogP contribution in [0.4, 0.5) is 5.82 Å². The van der Waals surface area contributed by atoms with Gasteiger partial charge >= 0.3 is 0 Å². The lowest BCUT2D eigenvalue weighted by Crippen LogP contribution is -2.22. The predicted octanol–water partition coefficient (Wildman–Crippen LogP) is 6.85. The molecular formula is C29H29BrN4O3S. The number of benzene rings is 3. The third-order valence-corrected chi connectivity index (χ3v) is 9.00. The number of para-hydroxylation sites is 1. The van der Waals surface area contributed by atoms with Crippen molar-refractivity contribution in [3.05, 3.63) is 83.5 Å². The van der Waals surface area contributed by atoms with Crippen molar-refractivity contribution in [3.63, 3.8) is 0 Å². The molecule has 0 bridgehead atoms. The molecule has 2 heterocycles. The lowest BCUT2D eigenvalue weighted by molar-refractivity contribution is 0.477. The van der Waals surface area contributed by atoms with E-state index in [0.29, 0.717) is 34.6 Å². The molecule has 0 aliphatic rings. The number of anilines is 1. The van der Waals surface area contributed by atoms with E-state index in [1.807, 2.05) is 48.5 Å². The number of hydrogen-bond donors (Lipinski definition) is 2. The first-order chi connectivity index (χ1) is 18.4. The highest BCUT2D eigenvalue weighted by Gasteiger charge is 2.19. The second-order valence-electron chi connectivity index (χ2n) is 9.37. The van der Waals surface area contributed by atoms with Crippen molar-refractivity contribution in [2.75, 3.05) is 11.1 Å². The summed E-state index contributed by atoms with van der Waals surface area (Å²) in [6, 6.07) is 22.1. The molecule has 38 heavy (non-hydrogen) atoms. The molecule has 7 nitrogen and oxygen atoms in total. The fourth-order valence-corrected chi connectivity index (χ4v) is 6.42. The summed E-state index contributed by atoms with van der Waals surface area (Å²) < 4.78 is 28.7. The van der Waals surface area contributed by atoms with Crippen LogP contribution in [0.3, 0.4) is 0 Å². The number of nitrogens with zero attached hydrogens (tertiary/aromatic N) is 3. The molecule has 0 fully saturated rings. The Morgan fingerprint density at radius 3 is 2.55 bits per heavy atom. The standard InChI is InChI=1S/C29H29BrN4O3S/c1-2-8-22(11-7-16-38(36,37)23-15-14-20-9-3-4-10-21(20)17-23)32-28-18-26(24-12-5-6-13-27(24)35)33-29-25(30)19-31-34(28)29/h3-6,9-10,12-15,17-19,22,32,35H,2,7-8,11,16H2,1H3. The van der Waals surface area contributed by atoms with Crippen LogP contribution in [-0.4, -0.2) is 39.9 Å². The number of aromatic nitrogens is 3. The third-order valence-electron chi connectivity index (χ3n) is 6.64. The Bertz CT molecular complexity index is 1700. The number of rotatable bonds is 10. The summed E-state index contributed by atoms with van der Waals surface area (Å²) >= 11 is 3.52. The van der Waals surface area contributed by atoms with E-state index in [-0.39, 0.29) is 17.5 Å². The third kappa shape index (κ3) is 5.54. The molecule has 0 aliphatic heterocycles. The van der Waals surface area contributed by atoms with Crippen LogP contribution < -0.4 is 5.32 Å². The minimum Gasteiger partial charge on any atom is -0.507 e. The Hall–Kier alpha value is -3.43. The van der Waals surface area contributed by atoms with E-state index >= 15 is 0 Å². The minimum absolute atomic E-state index is 0.0394. The van der Waals surface area contributed by atoms with Crippen molar-refractivity contribution in [1.82, 2.24) is 14.6 Å². The van der Waals surface area contributed by atoms with E-state index < -0.39 is 9.84 Å². The quantitative estimate of drug-likeness (QED) is 0.184. The number of nitrogens with one attached hydrogen (secondary N) is 1. The summed E-state index contributed by atoms with van der Waals surface area (Å²) in [5.74, 6) is 0.958. The van der Waals surface area contributed by atoms with Crippen molar-refractivity contribution >= 4 is 48.0 Å². The lowest BCUT2D eigenvalue weighted by atomic mass is 10.1. The summed E-state index contributed by atoms with van der Waals surface area (Å²) in [4.78, 5) is 5.07. The first kappa shape index (κ1) is 26.2.